The van der Waals surface area contributed by atoms with Crippen molar-refractivity contribution >= 4 is 17.6 Å². The van der Waals surface area contributed by atoms with Crippen molar-refractivity contribution < 1.29 is 19.0 Å². The van der Waals surface area contributed by atoms with Gasteiger partial charge in [-0.05, 0) is 36.8 Å². The van der Waals surface area contributed by atoms with Crippen molar-refractivity contribution in [2.45, 2.75) is 6.92 Å². The minimum absolute atomic E-state index is 0.0341. The van der Waals surface area contributed by atoms with E-state index >= 15 is 0 Å². The lowest BCUT2D eigenvalue weighted by Crippen LogP contribution is -1.99. The van der Waals surface area contributed by atoms with E-state index in [1.807, 2.05) is 0 Å². The number of rotatable bonds is 3. The first kappa shape index (κ1) is 13.3. The van der Waals surface area contributed by atoms with E-state index in [1.165, 1.54) is 24.3 Å². The number of aromatic nitrogens is 1. The number of hydrogen-bond acceptors (Lipinski definition) is 3. The Hall–Kier alpha value is -2.14. The maximum atomic E-state index is 12.9. The first-order chi connectivity index (χ1) is 8.97. The summed E-state index contributed by atoms with van der Waals surface area (Å²) < 4.78 is 18.4. The number of carboxylic acids is 1. The van der Waals surface area contributed by atoms with Gasteiger partial charge in [0, 0.05) is 6.20 Å². The Morgan fingerprint density at radius 1 is 1.42 bits per heavy atom. The maximum absolute atomic E-state index is 12.9. The second-order valence-corrected chi connectivity index (χ2v) is 4.24. The molecule has 0 unspecified atom stereocenters. The average Bonchev–Trinajstić information content (AvgIpc) is 2.34. The largest absolute Gasteiger partial charge is 0.478 e. The number of aryl methyl sites for hydroxylation is 1. The lowest BCUT2D eigenvalue weighted by molar-refractivity contribution is 0.0696. The number of aromatic carboxylic acids is 1. The van der Waals surface area contributed by atoms with Crippen LogP contribution >= 0.6 is 11.6 Å². The normalized spacial score (nSPS) is 10.3. The third-order valence-electron chi connectivity index (χ3n) is 2.40. The summed E-state index contributed by atoms with van der Waals surface area (Å²) in [6, 6.07) is 5.26. The van der Waals surface area contributed by atoms with Gasteiger partial charge in [0.15, 0.2) is 0 Å². The van der Waals surface area contributed by atoms with Crippen LogP contribution in [0.2, 0.25) is 5.02 Å². The molecular formula is C13H9ClFNO3. The highest BCUT2D eigenvalue weighted by atomic mass is 35.5. The summed E-state index contributed by atoms with van der Waals surface area (Å²) in [4.78, 5) is 14.6. The summed E-state index contributed by atoms with van der Waals surface area (Å²) in [5.41, 5.74) is 0.549. The molecule has 2 rings (SSSR count). The van der Waals surface area contributed by atoms with Gasteiger partial charge in [-0.2, -0.15) is 0 Å². The van der Waals surface area contributed by atoms with E-state index in [4.69, 9.17) is 21.4 Å². The van der Waals surface area contributed by atoms with Crippen LogP contribution in [0.25, 0.3) is 0 Å². The van der Waals surface area contributed by atoms with Gasteiger partial charge < -0.3 is 9.84 Å². The number of carbonyl (C=O) groups is 1. The molecule has 0 spiro atoms. The van der Waals surface area contributed by atoms with Crippen LogP contribution in [0.15, 0.2) is 30.5 Å². The molecule has 1 aromatic carbocycles. The monoisotopic (exact) mass is 281 g/mol. The summed E-state index contributed by atoms with van der Waals surface area (Å²) in [5.74, 6) is -1.02. The van der Waals surface area contributed by atoms with Gasteiger partial charge in [-0.25, -0.2) is 14.2 Å². The topological polar surface area (TPSA) is 59.4 Å². The van der Waals surface area contributed by atoms with E-state index in [-0.39, 0.29) is 22.3 Å². The molecule has 4 nitrogen and oxygen atoms in total. The first-order valence-electron chi connectivity index (χ1n) is 5.30. The summed E-state index contributed by atoms with van der Waals surface area (Å²) >= 11 is 5.88. The molecule has 98 valence electrons. The molecule has 1 heterocycles. The summed E-state index contributed by atoms with van der Waals surface area (Å²) in [7, 11) is 0. The molecule has 0 atom stereocenters. The second-order valence-electron chi connectivity index (χ2n) is 3.83. The van der Waals surface area contributed by atoms with E-state index in [1.54, 1.807) is 6.92 Å². The average molecular weight is 282 g/mol. The van der Waals surface area contributed by atoms with Gasteiger partial charge in [0.2, 0.25) is 5.88 Å². The van der Waals surface area contributed by atoms with E-state index in [2.05, 4.69) is 4.98 Å². The number of nitrogens with zero attached hydrogens (tertiary/aromatic N) is 1. The second kappa shape index (κ2) is 5.24. The van der Waals surface area contributed by atoms with E-state index < -0.39 is 5.97 Å². The zero-order valence-electron chi connectivity index (χ0n) is 9.85. The fourth-order valence-electron chi connectivity index (χ4n) is 1.45. The van der Waals surface area contributed by atoms with Gasteiger partial charge in [-0.1, -0.05) is 11.6 Å². The van der Waals surface area contributed by atoms with Crippen LogP contribution in [-0.2, 0) is 0 Å². The quantitative estimate of drug-likeness (QED) is 0.932. The molecule has 19 heavy (non-hydrogen) atoms. The molecule has 2 aromatic rings. The molecule has 1 N–H and O–H groups in total. The third-order valence-corrected chi connectivity index (χ3v) is 2.67. The molecule has 6 heteroatoms. The van der Waals surface area contributed by atoms with Gasteiger partial charge in [-0.15, -0.1) is 0 Å². The lowest BCUT2D eigenvalue weighted by atomic mass is 10.2. The van der Waals surface area contributed by atoms with E-state index in [0.29, 0.717) is 11.3 Å². The van der Waals surface area contributed by atoms with Gasteiger partial charge in [0.1, 0.15) is 16.6 Å². The molecule has 0 aliphatic carbocycles. The summed E-state index contributed by atoms with van der Waals surface area (Å²) in [6.07, 6.45) is 1.14. The molecule has 0 amide bonds. The Labute approximate surface area is 113 Å². The standard InChI is InChI=1S/C13H9ClFNO3/c1-7-4-9(15)2-3-11(7)19-12-10(14)5-8(6-16-12)13(17)18/h2-6H,1H3,(H,17,18). The van der Waals surface area contributed by atoms with Crippen molar-refractivity contribution in [2.75, 3.05) is 0 Å². The van der Waals surface area contributed by atoms with Gasteiger partial charge in [0.25, 0.3) is 0 Å². The van der Waals surface area contributed by atoms with Crippen LogP contribution in [0.5, 0.6) is 11.6 Å². The number of hydrogen-bond donors (Lipinski definition) is 1. The summed E-state index contributed by atoms with van der Waals surface area (Å²) in [6.45, 7) is 1.68. The predicted molar refractivity (Wildman–Crippen MR) is 67.4 cm³/mol. The highest BCUT2D eigenvalue weighted by Crippen LogP contribution is 2.29. The molecule has 0 saturated carbocycles. The van der Waals surface area contributed by atoms with Crippen LogP contribution in [0.1, 0.15) is 15.9 Å². The van der Waals surface area contributed by atoms with Crippen LogP contribution in [0, 0.1) is 12.7 Å². The van der Waals surface area contributed by atoms with Crippen LogP contribution in [0.3, 0.4) is 0 Å². The third kappa shape index (κ3) is 3.00. The fourth-order valence-corrected chi connectivity index (χ4v) is 1.65. The number of halogens is 2. The molecule has 0 fully saturated rings. The Bertz CT molecular complexity index is 646. The Kier molecular flexibility index (Phi) is 3.66. The smallest absolute Gasteiger partial charge is 0.337 e. The predicted octanol–water partition coefficient (Wildman–Crippen LogP) is 3.67. The van der Waals surface area contributed by atoms with Crippen LogP contribution < -0.4 is 4.74 Å². The lowest BCUT2D eigenvalue weighted by Gasteiger charge is -2.09. The first-order valence-corrected chi connectivity index (χ1v) is 5.68. The minimum atomic E-state index is -1.13. The number of pyridine rings is 1. The highest BCUT2D eigenvalue weighted by Gasteiger charge is 2.11. The SMILES string of the molecule is Cc1cc(F)ccc1Oc1ncc(C(=O)O)cc1Cl. The Balaban J connectivity index is 2.31. The number of ether oxygens (including phenoxy) is 1. The minimum Gasteiger partial charge on any atom is -0.478 e. The molecular weight excluding hydrogens is 273 g/mol. The van der Waals surface area contributed by atoms with Crippen molar-refractivity contribution in [3.8, 4) is 11.6 Å². The number of carboxylic acid groups (broad SMARTS) is 1. The maximum Gasteiger partial charge on any atom is 0.337 e. The zero-order chi connectivity index (χ0) is 14.0. The molecule has 0 radical (unpaired) electrons. The van der Waals surface area contributed by atoms with Crippen LogP contribution in [-0.4, -0.2) is 16.1 Å². The van der Waals surface area contributed by atoms with Crippen molar-refractivity contribution in [1.82, 2.24) is 4.98 Å². The van der Waals surface area contributed by atoms with E-state index in [0.717, 1.165) is 6.20 Å². The molecule has 1 aromatic heterocycles. The van der Waals surface area contributed by atoms with Gasteiger partial charge in [-0.3, -0.25) is 0 Å². The van der Waals surface area contributed by atoms with Gasteiger partial charge >= 0.3 is 5.97 Å². The molecule has 0 bridgehead atoms. The van der Waals surface area contributed by atoms with Crippen molar-refractivity contribution in [1.29, 1.82) is 0 Å². The van der Waals surface area contributed by atoms with Crippen molar-refractivity contribution in [2.24, 2.45) is 0 Å². The van der Waals surface area contributed by atoms with E-state index in [9.17, 15) is 9.18 Å². The van der Waals surface area contributed by atoms with Gasteiger partial charge in [0.05, 0.1) is 5.56 Å². The van der Waals surface area contributed by atoms with Crippen LogP contribution in [0.4, 0.5) is 4.39 Å². The summed E-state index contributed by atoms with van der Waals surface area (Å²) in [5, 5.41) is 8.86. The Morgan fingerprint density at radius 3 is 2.74 bits per heavy atom. The van der Waals surface area contributed by atoms with Crippen molar-refractivity contribution in [3.63, 3.8) is 0 Å². The molecule has 0 saturated heterocycles. The fraction of sp³-hybridized carbons (Fsp3) is 0.0769. The number of benzene rings is 1. The van der Waals surface area contributed by atoms with Crippen molar-refractivity contribution in [3.05, 3.63) is 52.4 Å². The molecule has 0 aliphatic heterocycles. The molecule has 0 aliphatic rings. The zero-order valence-corrected chi connectivity index (χ0v) is 10.6. The highest BCUT2D eigenvalue weighted by molar-refractivity contribution is 6.32. The Morgan fingerprint density at radius 2 is 2.16 bits per heavy atom.